The van der Waals surface area contributed by atoms with E-state index in [1.807, 2.05) is 0 Å². The molecular formula is C15H14ClFO4. The van der Waals surface area contributed by atoms with Crippen molar-refractivity contribution >= 4 is 29.6 Å². The van der Waals surface area contributed by atoms with Gasteiger partial charge in [0.2, 0.25) is 0 Å². The first-order valence-electron chi connectivity index (χ1n) is 6.03. The van der Waals surface area contributed by atoms with Gasteiger partial charge in [-0.1, -0.05) is 24.2 Å². The van der Waals surface area contributed by atoms with Crippen molar-refractivity contribution < 1.29 is 23.8 Å². The summed E-state index contributed by atoms with van der Waals surface area (Å²) in [7, 11) is 0. The molecule has 0 unspecified atom stereocenters. The highest BCUT2D eigenvalue weighted by Gasteiger charge is 2.10. The number of aliphatic carboxylic acids is 1. The first kappa shape index (κ1) is 16.9. The van der Waals surface area contributed by atoms with Crippen molar-refractivity contribution in [1.29, 1.82) is 0 Å². The second kappa shape index (κ2) is 7.59. The van der Waals surface area contributed by atoms with E-state index >= 15 is 0 Å². The fourth-order valence-corrected chi connectivity index (χ4v) is 1.61. The first-order valence-corrected chi connectivity index (χ1v) is 6.40. The van der Waals surface area contributed by atoms with Gasteiger partial charge in [0.25, 0.3) is 0 Å². The second-order valence-electron chi connectivity index (χ2n) is 4.31. The highest BCUT2D eigenvalue weighted by Crippen LogP contribution is 2.19. The van der Waals surface area contributed by atoms with Crippen LogP contribution >= 0.6 is 11.6 Å². The maximum Gasteiger partial charge on any atom is 0.333 e. The molecule has 0 aliphatic heterocycles. The minimum absolute atomic E-state index is 0.0172. The maximum atomic E-state index is 13.0. The smallest absolute Gasteiger partial charge is 0.333 e. The molecule has 21 heavy (non-hydrogen) atoms. The lowest BCUT2D eigenvalue weighted by Crippen LogP contribution is -2.09. The molecule has 0 amide bonds. The summed E-state index contributed by atoms with van der Waals surface area (Å²) in [5.41, 5.74) is 0.707. The average molecular weight is 313 g/mol. The van der Waals surface area contributed by atoms with Crippen LogP contribution < -0.4 is 0 Å². The Morgan fingerprint density at radius 2 is 2.14 bits per heavy atom. The van der Waals surface area contributed by atoms with E-state index in [-0.39, 0.29) is 29.2 Å². The van der Waals surface area contributed by atoms with Crippen molar-refractivity contribution in [2.75, 3.05) is 6.61 Å². The van der Waals surface area contributed by atoms with E-state index in [0.29, 0.717) is 5.56 Å². The van der Waals surface area contributed by atoms with Gasteiger partial charge >= 0.3 is 11.9 Å². The molecule has 0 fully saturated rings. The predicted octanol–water partition coefficient (Wildman–Crippen LogP) is 3.46. The van der Waals surface area contributed by atoms with Crippen LogP contribution in [0.2, 0.25) is 5.02 Å². The van der Waals surface area contributed by atoms with Gasteiger partial charge in [0, 0.05) is 17.6 Å². The number of ether oxygens (including phenoxy) is 1. The summed E-state index contributed by atoms with van der Waals surface area (Å²) in [5.74, 6) is -2.31. The third-order valence-corrected chi connectivity index (χ3v) is 2.80. The zero-order valence-corrected chi connectivity index (χ0v) is 12.1. The van der Waals surface area contributed by atoms with Crippen LogP contribution in [0, 0.1) is 5.82 Å². The Kier molecular flexibility index (Phi) is 6.11. The van der Waals surface area contributed by atoms with Crippen LogP contribution in [0.1, 0.15) is 18.9 Å². The summed E-state index contributed by atoms with van der Waals surface area (Å²) in [6.45, 7) is 4.83. The maximum absolute atomic E-state index is 13.0. The van der Waals surface area contributed by atoms with Gasteiger partial charge in [0.1, 0.15) is 5.82 Å². The minimum atomic E-state index is -1.15. The van der Waals surface area contributed by atoms with Crippen molar-refractivity contribution in [1.82, 2.24) is 0 Å². The molecular weight excluding hydrogens is 299 g/mol. The molecule has 0 saturated carbocycles. The Bertz CT molecular complexity index is 608. The van der Waals surface area contributed by atoms with Crippen LogP contribution in [-0.2, 0) is 14.3 Å². The van der Waals surface area contributed by atoms with E-state index in [0.717, 1.165) is 6.07 Å². The number of carboxylic acid groups (broad SMARTS) is 1. The number of halogens is 2. The molecule has 6 heteroatoms. The number of carboxylic acids is 1. The SMILES string of the molecule is C=C(C)C(=O)OCCC(=Cc1ccc(F)c(Cl)c1)C(=O)O. The quantitative estimate of drug-likeness (QED) is 0.645. The lowest BCUT2D eigenvalue weighted by molar-refractivity contribution is -0.139. The number of benzene rings is 1. The first-order chi connectivity index (χ1) is 9.81. The number of rotatable bonds is 6. The van der Waals surface area contributed by atoms with E-state index in [4.69, 9.17) is 21.4 Å². The number of hydrogen-bond acceptors (Lipinski definition) is 3. The number of carbonyl (C=O) groups excluding carboxylic acids is 1. The van der Waals surface area contributed by atoms with Gasteiger partial charge in [-0.2, -0.15) is 0 Å². The van der Waals surface area contributed by atoms with Gasteiger partial charge in [0.05, 0.1) is 11.6 Å². The summed E-state index contributed by atoms with van der Waals surface area (Å²) in [6.07, 6.45) is 1.37. The zero-order valence-electron chi connectivity index (χ0n) is 11.4. The monoisotopic (exact) mass is 312 g/mol. The molecule has 1 aromatic carbocycles. The predicted molar refractivity (Wildman–Crippen MR) is 77.4 cm³/mol. The Morgan fingerprint density at radius 3 is 2.67 bits per heavy atom. The highest BCUT2D eigenvalue weighted by molar-refractivity contribution is 6.30. The van der Waals surface area contributed by atoms with Gasteiger partial charge in [-0.25, -0.2) is 14.0 Å². The molecule has 1 N–H and O–H groups in total. The second-order valence-corrected chi connectivity index (χ2v) is 4.72. The molecule has 1 aromatic rings. The standard InChI is InChI=1S/C15H14ClFO4/c1-9(2)15(20)21-6-5-11(14(18)19)7-10-3-4-13(17)12(16)8-10/h3-4,7-8H,1,5-6H2,2H3,(H,18,19). The molecule has 0 heterocycles. The van der Waals surface area contributed by atoms with Crippen molar-refractivity contribution in [3.63, 3.8) is 0 Å². The van der Waals surface area contributed by atoms with E-state index in [1.54, 1.807) is 0 Å². The van der Waals surface area contributed by atoms with Gasteiger partial charge in [-0.15, -0.1) is 0 Å². The summed E-state index contributed by atoms with van der Waals surface area (Å²) in [4.78, 5) is 22.3. The van der Waals surface area contributed by atoms with Gasteiger partial charge < -0.3 is 9.84 Å². The van der Waals surface area contributed by atoms with Crippen LogP contribution in [0.5, 0.6) is 0 Å². The molecule has 0 saturated heterocycles. The molecule has 0 aliphatic rings. The Labute approximate surface area is 126 Å². The fraction of sp³-hybridized carbons (Fsp3) is 0.200. The van der Waals surface area contributed by atoms with Crippen molar-refractivity contribution in [3.8, 4) is 0 Å². The molecule has 0 aliphatic carbocycles. The van der Waals surface area contributed by atoms with Crippen molar-refractivity contribution in [2.45, 2.75) is 13.3 Å². The molecule has 4 nitrogen and oxygen atoms in total. The van der Waals surface area contributed by atoms with Crippen molar-refractivity contribution in [2.24, 2.45) is 0 Å². The van der Waals surface area contributed by atoms with Gasteiger partial charge in [0.15, 0.2) is 0 Å². The molecule has 0 spiro atoms. The lowest BCUT2D eigenvalue weighted by Gasteiger charge is -2.05. The van der Waals surface area contributed by atoms with E-state index in [2.05, 4.69) is 6.58 Å². The normalized spacial score (nSPS) is 11.1. The third-order valence-electron chi connectivity index (χ3n) is 2.51. The fourth-order valence-electron chi connectivity index (χ4n) is 1.42. The molecule has 0 atom stereocenters. The molecule has 0 radical (unpaired) electrons. The molecule has 1 rings (SSSR count). The summed E-state index contributed by atoms with van der Waals surface area (Å²) < 4.78 is 17.9. The Hall–Kier alpha value is -2.14. The van der Waals surface area contributed by atoms with Crippen LogP contribution in [0.3, 0.4) is 0 Å². The summed E-state index contributed by atoms with van der Waals surface area (Å²) in [6, 6.07) is 3.87. The van der Waals surface area contributed by atoms with Crippen LogP contribution in [0.15, 0.2) is 35.9 Å². The topological polar surface area (TPSA) is 63.6 Å². The van der Waals surface area contributed by atoms with Gasteiger partial charge in [-0.05, 0) is 30.7 Å². The lowest BCUT2D eigenvalue weighted by atomic mass is 10.1. The van der Waals surface area contributed by atoms with E-state index < -0.39 is 17.8 Å². The van der Waals surface area contributed by atoms with Crippen LogP contribution in [-0.4, -0.2) is 23.7 Å². The summed E-state index contributed by atoms with van der Waals surface area (Å²) in [5, 5.41) is 9.00. The molecule has 0 aromatic heterocycles. The molecule has 0 bridgehead atoms. The Balaban J connectivity index is 2.79. The average Bonchev–Trinajstić information content (AvgIpc) is 2.41. The van der Waals surface area contributed by atoms with Crippen LogP contribution in [0.4, 0.5) is 4.39 Å². The van der Waals surface area contributed by atoms with Gasteiger partial charge in [-0.3, -0.25) is 0 Å². The highest BCUT2D eigenvalue weighted by atomic mass is 35.5. The van der Waals surface area contributed by atoms with Crippen LogP contribution in [0.25, 0.3) is 6.08 Å². The van der Waals surface area contributed by atoms with E-state index in [9.17, 15) is 14.0 Å². The minimum Gasteiger partial charge on any atom is -0.478 e. The van der Waals surface area contributed by atoms with E-state index in [1.165, 1.54) is 25.1 Å². The largest absolute Gasteiger partial charge is 0.478 e. The molecule has 112 valence electrons. The summed E-state index contributed by atoms with van der Waals surface area (Å²) >= 11 is 5.63. The zero-order chi connectivity index (χ0) is 16.0. The third kappa shape index (κ3) is 5.39. The Morgan fingerprint density at radius 1 is 1.48 bits per heavy atom. The number of esters is 1. The van der Waals surface area contributed by atoms with Crippen molar-refractivity contribution in [3.05, 3.63) is 52.3 Å². The number of hydrogen-bond donors (Lipinski definition) is 1. The number of carbonyl (C=O) groups is 2.